The number of hydrogen-bond acceptors (Lipinski definition) is 4. The van der Waals surface area contributed by atoms with Crippen LogP contribution in [0, 0.1) is 11.6 Å². The first-order valence-corrected chi connectivity index (χ1v) is 12.1. The van der Waals surface area contributed by atoms with Gasteiger partial charge in [-0.2, -0.15) is 5.10 Å². The van der Waals surface area contributed by atoms with E-state index >= 15 is 0 Å². The van der Waals surface area contributed by atoms with Gasteiger partial charge in [0.2, 0.25) is 0 Å². The Morgan fingerprint density at radius 1 is 1.00 bits per heavy atom. The molecule has 2 heterocycles. The van der Waals surface area contributed by atoms with Gasteiger partial charge < -0.3 is 15.0 Å². The van der Waals surface area contributed by atoms with Crippen molar-refractivity contribution in [3.05, 3.63) is 71.4 Å². The molecule has 0 unspecified atom stereocenters. The van der Waals surface area contributed by atoms with Gasteiger partial charge >= 0.3 is 6.03 Å². The Morgan fingerprint density at radius 3 is 2.27 bits per heavy atom. The summed E-state index contributed by atoms with van der Waals surface area (Å²) in [5.74, 6) is -1.25. The minimum Gasteiger partial charge on any atom is -0.490 e. The number of carbonyl (C=O) groups excluding carboxylic acids is 2. The molecule has 196 valence electrons. The van der Waals surface area contributed by atoms with E-state index in [2.05, 4.69) is 36.5 Å². The maximum atomic E-state index is 14.0. The number of nitrogens with zero attached hydrogens (tertiary/aromatic N) is 3. The first-order chi connectivity index (χ1) is 17.5. The SMILES string of the molecule is Cn1nc(C(C)(C)C)cc1NC(=O)Nc1cccc(OC2CCN(C(=O)c3c(F)cccc3F)CC2)c1. The average molecular weight is 512 g/mol. The van der Waals surface area contributed by atoms with Gasteiger partial charge in [-0.25, -0.2) is 13.6 Å². The molecule has 0 radical (unpaired) electrons. The lowest BCUT2D eigenvalue weighted by molar-refractivity contribution is 0.0587. The lowest BCUT2D eigenvalue weighted by Crippen LogP contribution is -2.42. The fourth-order valence-corrected chi connectivity index (χ4v) is 4.11. The van der Waals surface area contributed by atoms with Gasteiger partial charge in [0.25, 0.3) is 5.91 Å². The van der Waals surface area contributed by atoms with Crippen LogP contribution in [0.25, 0.3) is 0 Å². The normalized spacial score (nSPS) is 14.4. The number of anilines is 2. The van der Waals surface area contributed by atoms with E-state index < -0.39 is 29.1 Å². The van der Waals surface area contributed by atoms with Crippen molar-refractivity contribution in [1.82, 2.24) is 14.7 Å². The van der Waals surface area contributed by atoms with Crippen LogP contribution in [0.1, 0.15) is 49.7 Å². The van der Waals surface area contributed by atoms with Crippen LogP contribution in [0.2, 0.25) is 0 Å². The highest BCUT2D eigenvalue weighted by molar-refractivity contribution is 5.99. The van der Waals surface area contributed by atoms with E-state index in [4.69, 9.17) is 4.74 Å². The van der Waals surface area contributed by atoms with Gasteiger partial charge in [-0.05, 0) is 24.3 Å². The topological polar surface area (TPSA) is 88.5 Å². The third-order valence-corrected chi connectivity index (χ3v) is 6.19. The maximum Gasteiger partial charge on any atom is 0.324 e. The highest BCUT2D eigenvalue weighted by Gasteiger charge is 2.28. The number of benzene rings is 2. The Morgan fingerprint density at radius 2 is 1.65 bits per heavy atom. The second-order valence-corrected chi connectivity index (χ2v) is 10.1. The molecule has 0 atom stereocenters. The first kappa shape index (κ1) is 26.1. The molecule has 10 heteroatoms. The molecule has 0 spiro atoms. The van der Waals surface area contributed by atoms with Gasteiger partial charge in [0.1, 0.15) is 34.9 Å². The molecule has 1 aromatic heterocycles. The smallest absolute Gasteiger partial charge is 0.324 e. The number of piperidine rings is 1. The predicted molar refractivity (Wildman–Crippen MR) is 137 cm³/mol. The highest BCUT2D eigenvalue weighted by Crippen LogP contribution is 2.25. The number of nitrogens with one attached hydrogen (secondary N) is 2. The number of urea groups is 1. The zero-order valence-corrected chi connectivity index (χ0v) is 21.3. The molecule has 37 heavy (non-hydrogen) atoms. The molecular weight excluding hydrogens is 480 g/mol. The number of carbonyl (C=O) groups is 2. The van der Waals surface area contributed by atoms with Crippen molar-refractivity contribution in [3.8, 4) is 5.75 Å². The van der Waals surface area contributed by atoms with E-state index in [9.17, 15) is 18.4 Å². The van der Waals surface area contributed by atoms with Crippen LogP contribution < -0.4 is 15.4 Å². The number of aromatic nitrogens is 2. The van der Waals surface area contributed by atoms with Gasteiger partial charge in [-0.3, -0.25) is 14.8 Å². The summed E-state index contributed by atoms with van der Waals surface area (Å²) >= 11 is 0. The molecule has 0 saturated carbocycles. The Bertz CT molecular complexity index is 1270. The second-order valence-electron chi connectivity index (χ2n) is 10.1. The largest absolute Gasteiger partial charge is 0.490 e. The molecule has 1 aliphatic rings. The van der Waals surface area contributed by atoms with Gasteiger partial charge in [0.05, 0.1) is 5.69 Å². The van der Waals surface area contributed by atoms with E-state index in [0.29, 0.717) is 43.2 Å². The van der Waals surface area contributed by atoms with Crippen molar-refractivity contribution in [2.75, 3.05) is 23.7 Å². The molecule has 0 aliphatic carbocycles. The zero-order valence-electron chi connectivity index (χ0n) is 21.3. The van der Waals surface area contributed by atoms with Crippen molar-refractivity contribution in [1.29, 1.82) is 0 Å². The zero-order chi connectivity index (χ0) is 26.7. The molecule has 0 bridgehead atoms. The molecule has 1 saturated heterocycles. The fourth-order valence-electron chi connectivity index (χ4n) is 4.11. The van der Waals surface area contributed by atoms with Gasteiger partial charge in [-0.15, -0.1) is 0 Å². The molecule has 1 aliphatic heterocycles. The molecular formula is C27H31F2N5O3. The van der Waals surface area contributed by atoms with E-state index in [-0.39, 0.29) is 11.5 Å². The monoisotopic (exact) mass is 511 g/mol. The standard InChI is InChI=1S/C27H31F2N5O3/c1-27(2,3)22-16-23(33(4)32-22)31-26(36)30-17-7-5-8-19(15-17)37-18-11-13-34(14-12-18)25(35)24-20(28)9-6-10-21(24)29/h5-10,15-16,18H,11-14H2,1-4H3,(H2,30,31,36). The van der Waals surface area contributed by atoms with Crippen LogP contribution in [-0.2, 0) is 12.5 Å². The van der Waals surface area contributed by atoms with Crippen LogP contribution in [0.4, 0.5) is 25.1 Å². The molecule has 1 fully saturated rings. The third kappa shape index (κ3) is 6.25. The first-order valence-electron chi connectivity index (χ1n) is 12.1. The third-order valence-electron chi connectivity index (χ3n) is 6.19. The molecule has 4 rings (SSSR count). The van der Waals surface area contributed by atoms with Crippen LogP contribution in [0.15, 0.2) is 48.5 Å². The summed E-state index contributed by atoms with van der Waals surface area (Å²) < 4.78 is 35.7. The lowest BCUT2D eigenvalue weighted by atomic mass is 9.92. The van der Waals surface area contributed by atoms with Crippen LogP contribution in [0.5, 0.6) is 5.75 Å². The number of halogens is 2. The number of aryl methyl sites for hydroxylation is 1. The van der Waals surface area contributed by atoms with Gasteiger partial charge in [0, 0.05) is 56.2 Å². The van der Waals surface area contributed by atoms with Crippen molar-refractivity contribution >= 4 is 23.4 Å². The van der Waals surface area contributed by atoms with Crippen molar-refractivity contribution < 1.29 is 23.1 Å². The summed E-state index contributed by atoms with van der Waals surface area (Å²) in [7, 11) is 1.77. The minimum absolute atomic E-state index is 0.142. The van der Waals surface area contributed by atoms with Crippen LogP contribution in [-0.4, -0.2) is 45.8 Å². The maximum absolute atomic E-state index is 14.0. The molecule has 2 aromatic carbocycles. The van der Waals surface area contributed by atoms with E-state index in [0.717, 1.165) is 17.8 Å². The minimum atomic E-state index is -0.866. The Kier molecular flexibility index (Phi) is 7.47. The summed E-state index contributed by atoms with van der Waals surface area (Å²) in [5.41, 5.74) is 0.750. The van der Waals surface area contributed by atoms with Crippen molar-refractivity contribution in [3.63, 3.8) is 0 Å². The molecule has 8 nitrogen and oxygen atoms in total. The number of likely N-dealkylation sites (tertiary alicyclic amines) is 1. The summed E-state index contributed by atoms with van der Waals surface area (Å²) in [5, 5.41) is 10.1. The second kappa shape index (κ2) is 10.6. The van der Waals surface area contributed by atoms with Gasteiger partial charge in [0.15, 0.2) is 0 Å². The number of hydrogen-bond donors (Lipinski definition) is 2. The summed E-state index contributed by atoms with van der Waals surface area (Å²) in [4.78, 5) is 26.6. The van der Waals surface area contributed by atoms with Crippen LogP contribution >= 0.6 is 0 Å². The van der Waals surface area contributed by atoms with Gasteiger partial charge in [-0.1, -0.05) is 32.9 Å². The van der Waals surface area contributed by atoms with E-state index in [1.54, 1.807) is 36.0 Å². The van der Waals surface area contributed by atoms with E-state index in [1.165, 1.54) is 11.0 Å². The Balaban J connectivity index is 1.31. The van der Waals surface area contributed by atoms with E-state index in [1.807, 2.05) is 6.07 Å². The quantitative estimate of drug-likeness (QED) is 0.485. The average Bonchev–Trinajstić information content (AvgIpc) is 3.20. The summed E-state index contributed by atoms with van der Waals surface area (Å²) in [6.07, 6.45) is 0.844. The molecule has 3 aromatic rings. The highest BCUT2D eigenvalue weighted by atomic mass is 19.1. The number of amides is 3. The van der Waals surface area contributed by atoms with Crippen LogP contribution in [0.3, 0.4) is 0 Å². The summed E-state index contributed by atoms with van der Waals surface area (Å²) in [6, 6.07) is 11.8. The number of rotatable bonds is 5. The Labute approximate surface area is 214 Å². The molecule has 2 N–H and O–H groups in total. The van der Waals surface area contributed by atoms with Crippen molar-refractivity contribution in [2.45, 2.75) is 45.1 Å². The van der Waals surface area contributed by atoms with Crippen molar-refractivity contribution in [2.24, 2.45) is 7.05 Å². The summed E-state index contributed by atoms with van der Waals surface area (Å²) in [6.45, 7) is 6.79. The Hall–Kier alpha value is -3.95. The molecule has 3 amide bonds. The fraction of sp³-hybridized carbons (Fsp3) is 0.370. The number of ether oxygens (including phenoxy) is 1. The predicted octanol–water partition coefficient (Wildman–Crippen LogP) is 5.32. The lowest BCUT2D eigenvalue weighted by Gasteiger charge is -2.32.